The summed E-state index contributed by atoms with van der Waals surface area (Å²) in [6.07, 6.45) is 3.36. The van der Waals surface area contributed by atoms with E-state index in [-0.39, 0.29) is 31.2 Å². The number of hydrogen-bond acceptors (Lipinski definition) is 6. The smallest absolute Gasteiger partial charge is 0.263 e. The van der Waals surface area contributed by atoms with Crippen molar-refractivity contribution in [3.63, 3.8) is 0 Å². The van der Waals surface area contributed by atoms with E-state index >= 15 is 0 Å². The van der Waals surface area contributed by atoms with E-state index in [1.54, 1.807) is 40.3 Å². The number of piperazine rings is 1. The van der Waals surface area contributed by atoms with E-state index in [1.807, 2.05) is 29.0 Å². The number of thiazole rings is 1. The molecular formula is C24H26ClN5O4S2. The summed E-state index contributed by atoms with van der Waals surface area (Å²) in [7, 11) is -3.78. The van der Waals surface area contributed by atoms with Gasteiger partial charge < -0.3 is 14.4 Å². The zero-order chi connectivity index (χ0) is 25.4. The average Bonchev–Trinajstić information content (AvgIpc) is 3.52. The van der Waals surface area contributed by atoms with Crippen molar-refractivity contribution in [1.29, 1.82) is 0 Å². The third-order valence-corrected chi connectivity index (χ3v) is 8.51. The van der Waals surface area contributed by atoms with Gasteiger partial charge in [0.1, 0.15) is 12.6 Å². The van der Waals surface area contributed by atoms with Gasteiger partial charge in [0.25, 0.3) is 10.0 Å². The lowest BCUT2D eigenvalue weighted by Crippen LogP contribution is -2.53. The number of sulfonamides is 1. The fraction of sp³-hybridized carbons (Fsp3) is 0.208. The molecule has 3 heterocycles. The van der Waals surface area contributed by atoms with E-state index in [9.17, 15) is 18.0 Å². The topological polar surface area (TPSA) is 105 Å². The Morgan fingerprint density at radius 1 is 1.17 bits per heavy atom. The second-order valence-corrected chi connectivity index (χ2v) is 11.4. The zero-order valence-electron chi connectivity index (χ0n) is 19.2. The van der Waals surface area contributed by atoms with Gasteiger partial charge in [0.2, 0.25) is 11.8 Å². The lowest BCUT2D eigenvalue weighted by atomic mass is 10.2. The van der Waals surface area contributed by atoms with Gasteiger partial charge in [-0.15, -0.1) is 11.3 Å². The maximum Gasteiger partial charge on any atom is 0.263 e. The number of rotatable bonds is 6. The average molecular weight is 548 g/mol. The molecule has 1 N–H and O–H groups in total. The third kappa shape index (κ3) is 4.69. The molecule has 0 saturated carbocycles. The second-order valence-electron chi connectivity index (χ2n) is 8.34. The summed E-state index contributed by atoms with van der Waals surface area (Å²) < 4.78 is 29.4. The number of nitrogens with zero attached hydrogens (tertiary/aromatic N) is 4. The highest BCUT2D eigenvalue weighted by atomic mass is 35.5. The Bertz CT molecular complexity index is 1550. The fourth-order valence-corrected chi connectivity index (χ4v) is 6.19. The van der Waals surface area contributed by atoms with Crippen molar-refractivity contribution in [1.82, 2.24) is 14.5 Å². The van der Waals surface area contributed by atoms with Crippen LogP contribution in [0.4, 0.5) is 10.8 Å². The van der Waals surface area contributed by atoms with Crippen LogP contribution in [0, 0.1) is 0 Å². The van der Waals surface area contributed by atoms with E-state index in [0.717, 1.165) is 10.9 Å². The summed E-state index contributed by atoms with van der Waals surface area (Å²) in [6, 6.07) is 13.0. The molecular weight excluding hydrogens is 522 g/mol. The third-order valence-electron chi connectivity index (χ3n) is 6.11. The molecule has 1 fully saturated rings. The summed E-state index contributed by atoms with van der Waals surface area (Å²) in [5.41, 5.74) is 1.42. The zero-order valence-corrected chi connectivity index (χ0v) is 21.6. The molecule has 9 nitrogen and oxygen atoms in total. The maximum absolute atomic E-state index is 13.2. The highest BCUT2D eigenvalue weighted by molar-refractivity contribution is 7.93. The fourth-order valence-electron chi connectivity index (χ4n) is 4.23. The monoisotopic (exact) mass is 547 g/mol. The van der Waals surface area contributed by atoms with Crippen molar-refractivity contribution in [3.05, 3.63) is 71.3 Å². The summed E-state index contributed by atoms with van der Waals surface area (Å²) in [4.78, 5) is 33.3. The Balaban J connectivity index is 0.00000200. The van der Waals surface area contributed by atoms with Crippen molar-refractivity contribution < 1.29 is 20.9 Å². The Hall–Kier alpha value is -3.41. The minimum absolute atomic E-state index is 0. The Morgan fingerprint density at radius 3 is 2.64 bits per heavy atom. The Morgan fingerprint density at radius 2 is 1.94 bits per heavy atom. The molecule has 2 aromatic carbocycles. The van der Waals surface area contributed by atoms with Crippen molar-refractivity contribution in [3.8, 4) is 0 Å². The predicted octanol–water partition coefficient (Wildman–Crippen LogP) is 4.48. The molecule has 4 aromatic rings. The molecule has 2 amide bonds. The molecule has 190 valence electrons. The molecule has 0 unspecified atom stereocenters. The molecule has 1 atom stereocenters. The first-order valence-corrected chi connectivity index (χ1v) is 13.8. The highest BCUT2D eigenvalue weighted by Crippen LogP contribution is 2.26. The van der Waals surface area contributed by atoms with Crippen LogP contribution < -0.4 is 9.62 Å². The summed E-state index contributed by atoms with van der Waals surface area (Å²) in [5, 5.41) is 3.52. The van der Waals surface area contributed by atoms with Gasteiger partial charge in [0.15, 0.2) is 5.13 Å². The first kappa shape index (κ1) is 24.3. The van der Waals surface area contributed by atoms with Crippen molar-refractivity contribution >= 4 is 66.5 Å². The predicted molar refractivity (Wildman–Crippen MR) is 144 cm³/mol. The van der Waals surface area contributed by atoms with Crippen LogP contribution in [-0.4, -0.2) is 54.3 Å². The summed E-state index contributed by atoms with van der Waals surface area (Å²) >= 11 is 7.32. The van der Waals surface area contributed by atoms with Crippen molar-refractivity contribution in [2.24, 2.45) is 0 Å². The summed E-state index contributed by atoms with van der Waals surface area (Å²) in [6.45, 7) is 2.41. The van der Waals surface area contributed by atoms with Crippen molar-refractivity contribution in [2.75, 3.05) is 29.3 Å². The molecule has 2 aromatic heterocycles. The molecule has 1 aliphatic heterocycles. The van der Waals surface area contributed by atoms with Crippen LogP contribution in [0.5, 0.6) is 0 Å². The Labute approximate surface area is 219 Å². The minimum Gasteiger partial charge on any atom is -0.335 e. The number of fused-ring (bicyclic) bond motifs is 1. The summed E-state index contributed by atoms with van der Waals surface area (Å²) in [5.74, 6) is -0.395. The van der Waals surface area contributed by atoms with E-state index in [0.29, 0.717) is 23.8 Å². The van der Waals surface area contributed by atoms with Crippen LogP contribution in [-0.2, 0) is 19.6 Å². The van der Waals surface area contributed by atoms with E-state index in [1.165, 1.54) is 29.7 Å². The number of amides is 2. The molecule has 0 aliphatic carbocycles. The number of anilines is 2. The minimum atomic E-state index is -3.78. The lowest BCUT2D eigenvalue weighted by molar-refractivity contribution is -0.139. The van der Waals surface area contributed by atoms with Crippen molar-refractivity contribution in [2.45, 2.75) is 17.9 Å². The quantitative estimate of drug-likeness (QED) is 0.383. The number of nitrogens with one attached hydrogen (secondary N) is 1. The van der Waals surface area contributed by atoms with Gasteiger partial charge in [-0.25, -0.2) is 13.4 Å². The van der Waals surface area contributed by atoms with Crippen LogP contribution in [0.15, 0.2) is 71.2 Å². The van der Waals surface area contributed by atoms with Gasteiger partial charge in [-0.3, -0.25) is 14.3 Å². The molecule has 0 spiro atoms. The van der Waals surface area contributed by atoms with Gasteiger partial charge in [0.05, 0.1) is 10.4 Å². The first-order chi connectivity index (χ1) is 17.2. The lowest BCUT2D eigenvalue weighted by Gasteiger charge is -2.35. The van der Waals surface area contributed by atoms with Crippen LogP contribution >= 0.6 is 22.9 Å². The van der Waals surface area contributed by atoms with Gasteiger partial charge >= 0.3 is 0 Å². The maximum atomic E-state index is 13.2. The van der Waals surface area contributed by atoms with E-state index in [4.69, 9.17) is 11.6 Å². The van der Waals surface area contributed by atoms with Gasteiger partial charge in [0, 0.05) is 44.4 Å². The van der Waals surface area contributed by atoms with Crippen LogP contribution in [0.25, 0.3) is 10.9 Å². The second kappa shape index (κ2) is 9.57. The van der Waals surface area contributed by atoms with Gasteiger partial charge in [-0.05, 0) is 54.8 Å². The van der Waals surface area contributed by atoms with Crippen LogP contribution in [0.2, 0.25) is 5.02 Å². The number of hydrogen-bond donors (Lipinski definition) is 1. The van der Waals surface area contributed by atoms with Gasteiger partial charge in [-0.1, -0.05) is 17.7 Å². The van der Waals surface area contributed by atoms with E-state index < -0.39 is 16.1 Å². The molecule has 0 radical (unpaired) electrons. The molecule has 0 bridgehead atoms. The number of carbonyl (C=O) groups excluding carboxylic acids is 2. The number of aromatic nitrogens is 2. The van der Waals surface area contributed by atoms with Crippen LogP contribution in [0.1, 0.15) is 15.8 Å². The molecule has 36 heavy (non-hydrogen) atoms. The molecule has 1 saturated heterocycles. The van der Waals surface area contributed by atoms with Crippen LogP contribution in [0.3, 0.4) is 0 Å². The van der Waals surface area contributed by atoms with E-state index in [2.05, 4.69) is 9.71 Å². The highest BCUT2D eigenvalue weighted by Gasteiger charge is 2.31. The number of halogens is 1. The number of benzene rings is 2. The normalized spacial score (nSPS) is 15.3. The molecule has 12 heteroatoms. The largest absolute Gasteiger partial charge is 0.335 e. The SMILES string of the molecule is C[C@@H](C(=O)N1CCN(c2ccc(S(=O)(=O)Nc3nccs3)cc2)C(=O)C1)n1ccc2ccc(Cl)cc21.[HH].[HH]. The standard InChI is InChI=1S/C24H22ClN5O4S2.2H2/c1-16(29-10-8-17-2-3-18(25)14-21(17)29)23(32)28-11-12-30(22(31)15-28)19-4-6-20(7-5-19)36(33,34)27-24-26-9-13-35-24;;/h2-10,13-14,16H,11-12,15H2,1H3,(H,26,27);2*1H/t16-;;/m0../s1. The first-order valence-electron chi connectivity index (χ1n) is 11.1. The Kier molecular flexibility index (Phi) is 6.45. The van der Waals surface area contributed by atoms with Gasteiger partial charge in [-0.2, -0.15) is 0 Å². The number of carbonyl (C=O) groups is 2. The molecule has 5 rings (SSSR count). The molecule has 1 aliphatic rings.